The maximum Gasteiger partial charge on any atom is 0.272 e. The third-order valence-corrected chi connectivity index (χ3v) is 10.2. The third-order valence-electron chi connectivity index (χ3n) is 6.25. The van der Waals surface area contributed by atoms with Gasteiger partial charge in [-0.2, -0.15) is 8.61 Å². The van der Waals surface area contributed by atoms with E-state index in [1.807, 2.05) is 0 Å². The molecule has 10 nitrogen and oxygen atoms in total. The fourth-order valence-corrected chi connectivity index (χ4v) is 7.18. The summed E-state index contributed by atoms with van der Waals surface area (Å²) in [5.41, 5.74) is -0.181. The van der Waals surface area contributed by atoms with Crippen LogP contribution in [0.25, 0.3) is 0 Å². The van der Waals surface area contributed by atoms with Gasteiger partial charge in [-0.3, -0.25) is 19.6 Å². The molecule has 5 rings (SSSR count). The molecule has 0 aliphatic carbocycles. The molecule has 0 bridgehead atoms. The van der Waals surface area contributed by atoms with E-state index in [0.29, 0.717) is 18.7 Å². The van der Waals surface area contributed by atoms with Crippen molar-refractivity contribution in [1.82, 2.24) is 9.97 Å². The van der Waals surface area contributed by atoms with Crippen molar-refractivity contribution in [1.29, 1.82) is 0 Å². The Balaban J connectivity index is 1.63. The number of sulfonamides is 2. The van der Waals surface area contributed by atoms with E-state index >= 15 is 0 Å². The molecule has 3 aromatic carbocycles. The summed E-state index contributed by atoms with van der Waals surface area (Å²) in [6.07, 6.45) is 5.36. The highest BCUT2D eigenvalue weighted by atomic mass is 35.5. The summed E-state index contributed by atoms with van der Waals surface area (Å²) in [6.45, 7) is 0. The number of halogens is 2. The van der Waals surface area contributed by atoms with Crippen molar-refractivity contribution >= 4 is 66.4 Å². The van der Waals surface area contributed by atoms with Gasteiger partial charge in [0.05, 0.1) is 21.2 Å². The number of pyridine rings is 2. The molecule has 222 valence electrons. The fourth-order valence-electron chi connectivity index (χ4n) is 4.10. The predicted molar refractivity (Wildman–Crippen MR) is 166 cm³/mol. The Morgan fingerprint density at radius 3 is 1.07 bits per heavy atom. The van der Waals surface area contributed by atoms with Gasteiger partial charge in [0.1, 0.15) is 0 Å². The Kier molecular flexibility index (Phi) is 8.79. The topological polar surface area (TPSA) is 135 Å². The Morgan fingerprint density at radius 1 is 0.477 bits per heavy atom. The van der Waals surface area contributed by atoms with Crippen LogP contribution < -0.4 is 8.61 Å². The molecule has 14 heteroatoms. The monoisotopic (exact) mass is 666 g/mol. The van der Waals surface area contributed by atoms with Crippen molar-refractivity contribution < 1.29 is 26.4 Å². The van der Waals surface area contributed by atoms with Crippen LogP contribution in [0.5, 0.6) is 0 Å². The second-order valence-corrected chi connectivity index (χ2v) is 13.5. The smallest absolute Gasteiger partial charge is 0.268 e. The van der Waals surface area contributed by atoms with Crippen molar-refractivity contribution in [3.63, 3.8) is 0 Å². The van der Waals surface area contributed by atoms with Crippen LogP contribution in [0.15, 0.2) is 132 Å². The second-order valence-electron chi connectivity index (χ2n) is 9.05. The minimum Gasteiger partial charge on any atom is -0.268 e. The highest BCUT2D eigenvalue weighted by molar-refractivity contribution is 7.94. The molecular weight excluding hydrogens is 647 g/mol. The SMILES string of the molecule is O=C(c1ccncc1)N(c1ccc(N(C(=O)c2ccncc2)S(=O)(=O)c2ccc(Cl)cc2)cc1)S(=O)(=O)c1ccc(Cl)cc1. The summed E-state index contributed by atoms with van der Waals surface area (Å²) in [7, 11) is -9.00. The van der Waals surface area contributed by atoms with Gasteiger partial charge >= 0.3 is 0 Å². The molecule has 0 aliphatic rings. The van der Waals surface area contributed by atoms with Crippen LogP contribution in [0.1, 0.15) is 20.7 Å². The van der Waals surface area contributed by atoms with Gasteiger partial charge < -0.3 is 0 Å². The highest BCUT2D eigenvalue weighted by Crippen LogP contribution is 2.32. The Bertz CT molecular complexity index is 1880. The second kappa shape index (κ2) is 12.5. The van der Waals surface area contributed by atoms with Crippen LogP contribution in [0.3, 0.4) is 0 Å². The lowest BCUT2D eigenvalue weighted by molar-refractivity contribution is 0.0996. The molecule has 0 radical (unpaired) electrons. The molecule has 0 unspecified atom stereocenters. The molecule has 2 amide bonds. The molecule has 0 spiro atoms. The van der Waals surface area contributed by atoms with Crippen molar-refractivity contribution in [3.05, 3.63) is 143 Å². The minimum atomic E-state index is -4.50. The zero-order valence-electron chi connectivity index (χ0n) is 22.4. The lowest BCUT2D eigenvalue weighted by Crippen LogP contribution is -2.38. The number of aromatic nitrogens is 2. The molecule has 0 saturated heterocycles. The first-order chi connectivity index (χ1) is 21.0. The van der Waals surface area contributed by atoms with E-state index in [1.54, 1.807) is 0 Å². The third kappa shape index (κ3) is 6.19. The van der Waals surface area contributed by atoms with Crippen LogP contribution in [0.2, 0.25) is 10.0 Å². The number of amides is 2. The van der Waals surface area contributed by atoms with Crippen LogP contribution in [-0.2, 0) is 20.0 Å². The largest absolute Gasteiger partial charge is 0.272 e. The number of benzene rings is 3. The fraction of sp³-hybridized carbons (Fsp3) is 0. The molecule has 0 saturated carbocycles. The van der Waals surface area contributed by atoms with E-state index < -0.39 is 31.9 Å². The maximum atomic E-state index is 13.8. The summed E-state index contributed by atoms with van der Waals surface area (Å²) >= 11 is 11.9. The number of anilines is 2. The summed E-state index contributed by atoms with van der Waals surface area (Å²) in [6, 6.07) is 20.9. The molecule has 44 heavy (non-hydrogen) atoms. The highest BCUT2D eigenvalue weighted by Gasteiger charge is 2.34. The van der Waals surface area contributed by atoms with Gasteiger partial charge in [-0.1, -0.05) is 23.2 Å². The Morgan fingerprint density at radius 2 is 0.773 bits per heavy atom. The van der Waals surface area contributed by atoms with Crippen molar-refractivity contribution in [2.75, 3.05) is 8.61 Å². The van der Waals surface area contributed by atoms with Crippen molar-refractivity contribution in [2.24, 2.45) is 0 Å². The Hall–Kier alpha value is -4.62. The number of hydrogen-bond acceptors (Lipinski definition) is 8. The van der Waals surface area contributed by atoms with Gasteiger partial charge in [-0.15, -0.1) is 0 Å². The number of hydrogen-bond donors (Lipinski definition) is 0. The number of carbonyl (C=O) groups is 2. The van der Waals surface area contributed by atoms with Gasteiger partial charge in [0.2, 0.25) is 0 Å². The molecular formula is C30H20Cl2N4O6S2. The van der Waals surface area contributed by atoms with Crippen LogP contribution in [-0.4, -0.2) is 38.6 Å². The van der Waals surface area contributed by atoms with E-state index in [4.69, 9.17) is 23.2 Å². The summed E-state index contributed by atoms with van der Waals surface area (Å²) in [5, 5.41) is 0.585. The zero-order chi connectivity index (χ0) is 31.5. The van der Waals surface area contributed by atoms with E-state index in [0.717, 1.165) is 0 Å². The average molecular weight is 668 g/mol. The van der Waals surface area contributed by atoms with E-state index in [-0.39, 0.29) is 32.3 Å². The summed E-state index contributed by atoms with van der Waals surface area (Å²) in [4.78, 5) is 34.6. The average Bonchev–Trinajstić information content (AvgIpc) is 3.03. The molecule has 5 aromatic rings. The molecule has 0 N–H and O–H groups in total. The van der Waals surface area contributed by atoms with Crippen LogP contribution in [0.4, 0.5) is 11.4 Å². The number of carbonyl (C=O) groups excluding carboxylic acids is 2. The Labute approximate surface area is 263 Å². The summed E-state index contributed by atoms with van der Waals surface area (Å²) in [5.74, 6) is -1.79. The normalized spacial score (nSPS) is 11.5. The molecule has 2 heterocycles. The van der Waals surface area contributed by atoms with E-state index in [2.05, 4.69) is 9.97 Å². The lowest BCUT2D eigenvalue weighted by Gasteiger charge is -2.25. The van der Waals surface area contributed by atoms with Gasteiger partial charge in [0, 0.05) is 46.0 Å². The lowest BCUT2D eigenvalue weighted by atomic mass is 10.2. The van der Waals surface area contributed by atoms with E-state index in [1.165, 1.54) is 122 Å². The van der Waals surface area contributed by atoms with Gasteiger partial charge in [0.15, 0.2) is 0 Å². The number of rotatable bonds is 8. The number of nitrogens with zero attached hydrogens (tertiary/aromatic N) is 4. The van der Waals surface area contributed by atoms with Crippen molar-refractivity contribution in [2.45, 2.75) is 9.79 Å². The van der Waals surface area contributed by atoms with Crippen LogP contribution >= 0.6 is 23.2 Å². The quantitative estimate of drug-likeness (QED) is 0.201. The predicted octanol–water partition coefficient (Wildman–Crippen LogP) is 5.85. The van der Waals surface area contributed by atoms with Gasteiger partial charge in [0.25, 0.3) is 31.9 Å². The maximum absolute atomic E-state index is 13.8. The first kappa shape index (κ1) is 30.8. The van der Waals surface area contributed by atoms with E-state index in [9.17, 15) is 26.4 Å². The first-order valence-electron chi connectivity index (χ1n) is 12.6. The van der Waals surface area contributed by atoms with Gasteiger partial charge in [-0.05, 0) is 97.1 Å². The van der Waals surface area contributed by atoms with Crippen LogP contribution in [0, 0.1) is 0 Å². The molecule has 0 aliphatic heterocycles. The summed E-state index contributed by atoms with van der Waals surface area (Å²) < 4.78 is 56.4. The molecule has 0 fully saturated rings. The molecule has 2 aromatic heterocycles. The van der Waals surface area contributed by atoms with Crippen molar-refractivity contribution in [3.8, 4) is 0 Å². The standard InChI is InChI=1S/C30H20Cl2N4O6S2/c31-23-1-9-27(10-2-23)43(39,40)35(29(37)21-13-17-33-18-14-21)25-5-7-26(8-6-25)36(30(38)22-15-19-34-20-16-22)44(41,42)28-11-3-24(32)4-12-28/h1-20H. The van der Waals surface area contributed by atoms with Gasteiger partial charge in [-0.25, -0.2) is 16.8 Å². The minimum absolute atomic E-state index is 0.0291. The molecule has 0 atom stereocenters. The first-order valence-corrected chi connectivity index (χ1v) is 16.2. The zero-order valence-corrected chi connectivity index (χ0v) is 25.5.